The lowest BCUT2D eigenvalue weighted by molar-refractivity contribution is -0.00548. The summed E-state index contributed by atoms with van der Waals surface area (Å²) in [6.45, 7) is 12.1. The molecule has 0 amide bonds. The van der Waals surface area contributed by atoms with Crippen LogP contribution in [0.4, 0.5) is 11.4 Å². The van der Waals surface area contributed by atoms with Crippen molar-refractivity contribution in [2.24, 2.45) is 0 Å². The van der Waals surface area contributed by atoms with Gasteiger partial charge >= 0.3 is 7.12 Å². The van der Waals surface area contributed by atoms with Crippen molar-refractivity contribution in [2.75, 3.05) is 50.2 Å². The molecule has 2 fully saturated rings. The fourth-order valence-electron chi connectivity index (χ4n) is 10.1. The van der Waals surface area contributed by atoms with Crippen molar-refractivity contribution in [2.45, 2.75) is 52.1 Å². The van der Waals surface area contributed by atoms with Crippen molar-refractivity contribution in [1.29, 1.82) is 0 Å². The van der Waals surface area contributed by atoms with E-state index in [-0.39, 0.29) is 30.1 Å². The van der Waals surface area contributed by atoms with Crippen LogP contribution in [0.25, 0.3) is 77.5 Å². The minimum atomic E-state index is -1.53. The number of aromatic amines is 2. The molecule has 0 saturated carbocycles. The standard InChI is InChI=1S/C29H28N4O2.C22H23BrN2O2.C7H7BN2O2/c1-18-16-33(17-19(2)35-18)21-13-11-20(12-14-21)24-15-30-27-22(28(24)34-3)7-6-8-23(27)29-31-25-9-4-5-10-26(25)32-29;1-14-12-25(13-15(2)27-14)17-9-7-16(8-10-17)19-11-24-21-18(22(19)26-3)5-4-6-20(21)23;11-8(12)7-9-5-3-1-2-4-6(5)10-7/h4-15,18-19H,16-17H2,1-3H3,(H,31,32);4-11,14-15H,12-13H2,1-3H3;1-4,11-12H,(H,9,10)/t18-,19+;14-,15+;. The van der Waals surface area contributed by atoms with Gasteiger partial charge in [0.25, 0.3) is 0 Å². The normalized spacial score (nSPS) is 17.7. The van der Waals surface area contributed by atoms with Gasteiger partial charge in [-0.1, -0.05) is 60.7 Å². The van der Waals surface area contributed by atoms with Crippen molar-refractivity contribution in [3.8, 4) is 45.1 Å². The van der Waals surface area contributed by atoms with E-state index in [1.165, 1.54) is 11.4 Å². The number of rotatable bonds is 8. The van der Waals surface area contributed by atoms with Crippen LogP contribution in [0.1, 0.15) is 27.7 Å². The molecular weight excluding hydrogens is 995 g/mol. The van der Waals surface area contributed by atoms with Crippen molar-refractivity contribution >= 4 is 84.0 Å². The molecule has 0 unspecified atom stereocenters. The summed E-state index contributed by atoms with van der Waals surface area (Å²) < 4.78 is 24.4. The molecule has 0 radical (unpaired) electrons. The topological polar surface area (TPSA) is 167 Å². The van der Waals surface area contributed by atoms with Gasteiger partial charge in [0.15, 0.2) is 0 Å². The van der Waals surface area contributed by atoms with Crippen molar-refractivity contribution in [3.63, 3.8) is 0 Å². The Kier molecular flexibility index (Phi) is 14.9. The first-order chi connectivity index (χ1) is 35.9. The lowest BCUT2D eigenvalue weighted by atomic mass is 9.91. The summed E-state index contributed by atoms with van der Waals surface area (Å²) in [7, 11) is 1.90. The molecule has 12 rings (SSSR count). The van der Waals surface area contributed by atoms with Gasteiger partial charge in [-0.2, -0.15) is 0 Å². The summed E-state index contributed by atoms with van der Waals surface area (Å²) in [5.74, 6) is 2.47. The zero-order chi connectivity index (χ0) is 51.5. The molecule has 376 valence electrons. The van der Waals surface area contributed by atoms with Gasteiger partial charge < -0.3 is 48.8 Å². The number of methoxy groups -OCH3 is 2. The van der Waals surface area contributed by atoms with E-state index in [0.717, 1.165) is 120 Å². The Morgan fingerprint density at radius 1 is 0.541 bits per heavy atom. The number of hydrogen-bond donors (Lipinski definition) is 4. The summed E-state index contributed by atoms with van der Waals surface area (Å²) in [6.07, 6.45) is 4.74. The van der Waals surface area contributed by atoms with Crippen molar-refractivity contribution in [1.82, 2.24) is 29.9 Å². The predicted octanol–water partition coefficient (Wildman–Crippen LogP) is 10.6. The van der Waals surface area contributed by atoms with E-state index in [4.69, 9.17) is 39.0 Å². The van der Waals surface area contributed by atoms with E-state index < -0.39 is 7.12 Å². The zero-order valence-corrected chi connectivity index (χ0v) is 43.7. The van der Waals surface area contributed by atoms with Crippen LogP contribution in [0.5, 0.6) is 11.5 Å². The molecule has 4 aromatic heterocycles. The minimum absolute atomic E-state index is 0.177. The Bertz CT molecular complexity index is 3470. The number of halogens is 1. The van der Waals surface area contributed by atoms with Gasteiger partial charge in [0.1, 0.15) is 23.0 Å². The second-order valence-corrected chi connectivity index (χ2v) is 19.6. The fraction of sp³-hybridized carbons (Fsp3) is 0.241. The van der Waals surface area contributed by atoms with Gasteiger partial charge in [0.2, 0.25) is 0 Å². The number of nitrogens with zero attached hydrogens (tertiary/aromatic N) is 6. The second kappa shape index (κ2) is 22.0. The molecule has 6 heterocycles. The third-order valence-electron chi connectivity index (χ3n) is 13.3. The monoisotopic (exact) mass is 1050 g/mol. The molecule has 6 aromatic carbocycles. The Morgan fingerprint density at radius 2 is 1.00 bits per heavy atom. The smallest absolute Gasteiger partial charge is 0.495 e. The quantitative estimate of drug-likeness (QED) is 0.107. The molecule has 74 heavy (non-hydrogen) atoms. The van der Waals surface area contributed by atoms with Crippen LogP contribution in [0.3, 0.4) is 0 Å². The number of benzene rings is 6. The zero-order valence-electron chi connectivity index (χ0n) is 42.2. The van der Waals surface area contributed by atoms with Crippen LogP contribution < -0.4 is 25.0 Å². The number of pyridine rings is 2. The number of H-pyrrole nitrogens is 2. The van der Waals surface area contributed by atoms with Crippen LogP contribution in [-0.2, 0) is 9.47 Å². The van der Waals surface area contributed by atoms with Gasteiger partial charge in [-0.25, -0.2) is 9.97 Å². The molecule has 0 aliphatic carbocycles. The maximum atomic E-state index is 8.79. The highest BCUT2D eigenvalue weighted by Gasteiger charge is 2.25. The molecule has 2 aliphatic heterocycles. The van der Waals surface area contributed by atoms with E-state index in [2.05, 4.69) is 128 Å². The van der Waals surface area contributed by atoms with E-state index in [9.17, 15) is 0 Å². The SMILES string of the molecule is COc1c(-c2ccc(N3C[C@@H](C)O[C@@H](C)C3)cc2)cnc2c(-c3nc4ccccc4[nH]3)cccc12.COc1c(-c2ccc(N3C[C@@H](C)O[C@@H](C)C3)cc2)cnc2c(Br)cccc12.OB(O)c1nc2ccccc2[nH]1. The summed E-state index contributed by atoms with van der Waals surface area (Å²) in [5.41, 5.74) is 12.9. The number of aromatic nitrogens is 6. The van der Waals surface area contributed by atoms with E-state index in [1.54, 1.807) is 20.3 Å². The Labute approximate surface area is 438 Å². The van der Waals surface area contributed by atoms with Gasteiger partial charge in [0, 0.05) is 81.9 Å². The van der Waals surface area contributed by atoms with Crippen LogP contribution in [-0.4, -0.2) is 112 Å². The number of anilines is 2. The second-order valence-electron chi connectivity index (χ2n) is 18.8. The first-order valence-electron chi connectivity index (χ1n) is 24.8. The average Bonchev–Trinajstić information content (AvgIpc) is 4.06. The van der Waals surface area contributed by atoms with Crippen molar-refractivity contribution < 1.29 is 29.0 Å². The summed E-state index contributed by atoms with van der Waals surface area (Å²) >= 11 is 3.57. The first kappa shape index (κ1) is 50.2. The summed E-state index contributed by atoms with van der Waals surface area (Å²) in [5, 5.41) is 19.5. The highest BCUT2D eigenvalue weighted by atomic mass is 79.9. The molecular formula is C58H58BBrN8O6. The van der Waals surface area contributed by atoms with Gasteiger partial charge in [-0.05, 0) is 128 Å². The molecule has 14 nitrogen and oxygen atoms in total. The maximum Gasteiger partial charge on any atom is 0.526 e. The number of hydrogen-bond acceptors (Lipinski definition) is 12. The first-order valence-corrected chi connectivity index (χ1v) is 25.6. The number of imidazole rings is 2. The molecule has 2 aliphatic rings. The van der Waals surface area contributed by atoms with Crippen LogP contribution in [0.15, 0.2) is 150 Å². The van der Waals surface area contributed by atoms with Gasteiger partial charge in [-0.15, -0.1) is 0 Å². The highest BCUT2D eigenvalue weighted by Crippen LogP contribution is 2.41. The predicted molar refractivity (Wildman–Crippen MR) is 301 cm³/mol. The number of nitrogens with one attached hydrogen (secondary N) is 2. The number of morpholine rings is 2. The average molecular weight is 1050 g/mol. The molecule has 2 saturated heterocycles. The number of para-hydroxylation sites is 6. The van der Waals surface area contributed by atoms with Crippen molar-refractivity contribution in [3.05, 3.63) is 150 Å². The number of ether oxygens (including phenoxy) is 4. The lowest BCUT2D eigenvalue weighted by Gasteiger charge is -2.36. The Balaban J connectivity index is 0.000000141. The van der Waals surface area contributed by atoms with Crippen LogP contribution in [0.2, 0.25) is 0 Å². The number of fused-ring (bicyclic) bond motifs is 4. The highest BCUT2D eigenvalue weighted by molar-refractivity contribution is 9.10. The molecule has 0 bridgehead atoms. The van der Waals surface area contributed by atoms with E-state index in [0.29, 0.717) is 0 Å². The largest absolute Gasteiger partial charge is 0.526 e. The Morgan fingerprint density at radius 3 is 1.49 bits per heavy atom. The molecule has 4 atom stereocenters. The van der Waals surface area contributed by atoms with Crippen LogP contribution in [0, 0.1) is 0 Å². The molecule has 16 heteroatoms. The van der Waals surface area contributed by atoms with E-state index in [1.807, 2.05) is 85.2 Å². The van der Waals surface area contributed by atoms with Gasteiger partial charge in [0.05, 0.1) is 71.7 Å². The minimum Gasteiger partial charge on any atom is -0.495 e. The third-order valence-corrected chi connectivity index (χ3v) is 13.9. The Hall–Kier alpha value is -7.34. The summed E-state index contributed by atoms with van der Waals surface area (Å²) in [6, 6.07) is 44.8. The molecule has 0 spiro atoms. The lowest BCUT2D eigenvalue weighted by Crippen LogP contribution is -2.45. The molecule has 4 N–H and O–H groups in total. The third kappa shape index (κ3) is 10.7. The maximum absolute atomic E-state index is 8.79. The summed E-state index contributed by atoms with van der Waals surface area (Å²) in [4.78, 5) is 29.2. The molecule has 10 aromatic rings. The fourth-order valence-corrected chi connectivity index (χ4v) is 10.5. The van der Waals surface area contributed by atoms with Gasteiger partial charge in [-0.3, -0.25) is 9.97 Å². The van der Waals surface area contributed by atoms with Crippen LogP contribution >= 0.6 is 15.9 Å². The van der Waals surface area contributed by atoms with E-state index >= 15 is 0 Å².